The van der Waals surface area contributed by atoms with E-state index in [0.29, 0.717) is 0 Å². The van der Waals surface area contributed by atoms with E-state index in [1.165, 1.54) is 30.2 Å². The van der Waals surface area contributed by atoms with Crippen molar-refractivity contribution in [3.63, 3.8) is 0 Å². The van der Waals surface area contributed by atoms with Crippen molar-refractivity contribution in [3.05, 3.63) is 53.2 Å². The number of nitrogens with zero attached hydrogens (tertiary/aromatic N) is 3. The van der Waals surface area contributed by atoms with Gasteiger partial charge in [0.05, 0.1) is 32.0 Å². The summed E-state index contributed by atoms with van der Waals surface area (Å²) in [7, 11) is 2.98. The molecule has 0 atom stereocenters. The Morgan fingerprint density at radius 2 is 2.21 bits per heavy atom. The lowest BCUT2D eigenvalue weighted by Gasteiger charge is -2.15. The average molecular weight is 404 g/mol. The number of esters is 1. The predicted octanol–water partition coefficient (Wildman–Crippen LogP) is 0.812. The van der Waals surface area contributed by atoms with Crippen LogP contribution in [-0.4, -0.2) is 58.5 Å². The molecule has 9 nitrogen and oxygen atoms in total. The van der Waals surface area contributed by atoms with Crippen molar-refractivity contribution in [1.29, 1.82) is 0 Å². The normalized spacial score (nSPS) is 13.8. The lowest BCUT2D eigenvalue weighted by molar-refractivity contribution is -0.136. The van der Waals surface area contributed by atoms with Crippen LogP contribution in [0.15, 0.2) is 41.9 Å². The molecule has 2 N–H and O–H groups in total. The molecule has 2 heterocycles. The van der Waals surface area contributed by atoms with Crippen molar-refractivity contribution in [2.75, 3.05) is 32.1 Å². The van der Waals surface area contributed by atoms with Crippen molar-refractivity contribution >= 4 is 17.6 Å². The van der Waals surface area contributed by atoms with E-state index >= 15 is 0 Å². The minimum absolute atomic E-state index is 0.00316. The number of carbonyl (C=O) groups is 2. The second kappa shape index (κ2) is 8.74. The van der Waals surface area contributed by atoms with Crippen LogP contribution < -0.4 is 10.1 Å². The first-order valence-corrected chi connectivity index (χ1v) is 8.81. The highest BCUT2D eigenvalue weighted by Gasteiger charge is 2.34. The fraction of sp³-hybridized carbons (Fsp3) is 0.316. The Bertz CT molecular complexity index is 956. The van der Waals surface area contributed by atoms with Crippen molar-refractivity contribution in [2.45, 2.75) is 6.61 Å². The van der Waals surface area contributed by atoms with Gasteiger partial charge in [0.15, 0.2) is 11.6 Å². The second-order valence-electron chi connectivity index (χ2n) is 6.38. The van der Waals surface area contributed by atoms with Crippen LogP contribution in [0.2, 0.25) is 0 Å². The van der Waals surface area contributed by atoms with E-state index in [4.69, 9.17) is 14.6 Å². The lowest BCUT2D eigenvalue weighted by atomic mass is 10.2. The van der Waals surface area contributed by atoms with E-state index < -0.39 is 17.7 Å². The number of anilines is 1. The van der Waals surface area contributed by atoms with Gasteiger partial charge in [-0.05, 0) is 12.1 Å². The first-order valence-electron chi connectivity index (χ1n) is 8.81. The second-order valence-corrected chi connectivity index (χ2v) is 6.38. The average Bonchev–Trinajstić information content (AvgIpc) is 3.25. The summed E-state index contributed by atoms with van der Waals surface area (Å²) in [4.78, 5) is 25.8. The summed E-state index contributed by atoms with van der Waals surface area (Å²) in [6.45, 7) is -0.0158. The Labute approximate surface area is 166 Å². The van der Waals surface area contributed by atoms with Gasteiger partial charge < -0.3 is 24.8 Å². The molecule has 0 saturated carbocycles. The highest BCUT2D eigenvalue weighted by atomic mass is 19.1. The molecule has 0 radical (unpaired) electrons. The number of benzene rings is 1. The van der Waals surface area contributed by atoms with Gasteiger partial charge in [-0.3, -0.25) is 9.48 Å². The molecular weight excluding hydrogens is 383 g/mol. The molecular formula is C19H21FN4O5. The molecule has 29 heavy (non-hydrogen) atoms. The van der Waals surface area contributed by atoms with Crippen LogP contribution in [0.5, 0.6) is 5.75 Å². The molecule has 154 valence electrons. The summed E-state index contributed by atoms with van der Waals surface area (Å²) in [5.74, 6) is -1.73. The number of aliphatic hydroxyl groups is 1. The number of aliphatic hydroxyl groups excluding tert-OH is 1. The van der Waals surface area contributed by atoms with E-state index in [2.05, 4.69) is 10.4 Å². The number of hydrogen-bond donors (Lipinski definition) is 2. The Morgan fingerprint density at radius 1 is 1.41 bits per heavy atom. The minimum atomic E-state index is -0.668. The SMILES string of the molecule is COC(=O)C1=C(Nc2ccc(OCc3cnn(C)c3)c(F)c2)C(=O)N(CCO)C1. The Kier molecular flexibility index (Phi) is 6.13. The van der Waals surface area contributed by atoms with Gasteiger partial charge in [-0.2, -0.15) is 5.10 Å². The Hall–Kier alpha value is -3.40. The number of carbonyl (C=O) groups excluding carboxylic acids is 2. The smallest absolute Gasteiger partial charge is 0.337 e. The molecule has 1 aromatic heterocycles. The third kappa shape index (κ3) is 4.54. The van der Waals surface area contributed by atoms with Crippen molar-refractivity contribution in [2.24, 2.45) is 7.05 Å². The summed E-state index contributed by atoms with van der Waals surface area (Å²) < 4.78 is 26.2. The summed E-state index contributed by atoms with van der Waals surface area (Å²) >= 11 is 0. The fourth-order valence-corrected chi connectivity index (χ4v) is 2.90. The highest BCUT2D eigenvalue weighted by molar-refractivity contribution is 6.08. The Morgan fingerprint density at radius 3 is 2.83 bits per heavy atom. The quantitative estimate of drug-likeness (QED) is 0.627. The van der Waals surface area contributed by atoms with Crippen molar-refractivity contribution < 1.29 is 28.6 Å². The van der Waals surface area contributed by atoms with E-state index in [9.17, 15) is 14.0 Å². The van der Waals surface area contributed by atoms with Crippen LogP contribution in [0.1, 0.15) is 5.56 Å². The standard InChI is InChI=1S/C19H21FN4O5/c1-23-9-12(8-21-23)11-29-16-4-3-13(7-15(16)20)22-17-14(19(27)28-2)10-24(5-6-25)18(17)26/h3-4,7-9,22,25H,5-6,10-11H2,1-2H3. The summed E-state index contributed by atoms with van der Waals surface area (Å²) in [6.07, 6.45) is 3.39. The largest absolute Gasteiger partial charge is 0.486 e. The van der Waals surface area contributed by atoms with Crippen LogP contribution in [0.3, 0.4) is 0 Å². The number of amides is 1. The van der Waals surface area contributed by atoms with Crippen LogP contribution >= 0.6 is 0 Å². The maximum absolute atomic E-state index is 14.4. The number of halogens is 1. The molecule has 0 spiro atoms. The van der Waals surface area contributed by atoms with Gasteiger partial charge in [0.2, 0.25) is 0 Å². The maximum atomic E-state index is 14.4. The van der Waals surface area contributed by atoms with Crippen molar-refractivity contribution in [1.82, 2.24) is 14.7 Å². The lowest BCUT2D eigenvalue weighted by Crippen LogP contribution is -2.31. The zero-order valence-electron chi connectivity index (χ0n) is 16.0. The number of ether oxygens (including phenoxy) is 2. The fourth-order valence-electron chi connectivity index (χ4n) is 2.90. The molecule has 1 amide bonds. The number of aromatic nitrogens is 2. The molecule has 1 aliphatic rings. The molecule has 10 heteroatoms. The van der Waals surface area contributed by atoms with Crippen molar-refractivity contribution in [3.8, 4) is 5.75 Å². The molecule has 1 aromatic carbocycles. The predicted molar refractivity (Wildman–Crippen MR) is 100 cm³/mol. The Balaban J connectivity index is 1.75. The minimum Gasteiger partial charge on any atom is -0.486 e. The zero-order valence-corrected chi connectivity index (χ0v) is 16.0. The molecule has 0 saturated heterocycles. The third-order valence-electron chi connectivity index (χ3n) is 4.31. The number of β-amino-alcohol motifs (C(OH)–C–C–N with tert-alkyl or cyclic N) is 1. The van der Waals surface area contributed by atoms with E-state index in [-0.39, 0.29) is 49.0 Å². The van der Waals surface area contributed by atoms with Gasteiger partial charge in [0.25, 0.3) is 5.91 Å². The summed E-state index contributed by atoms with van der Waals surface area (Å²) in [5, 5.41) is 15.9. The van der Waals surface area contributed by atoms with Crippen LogP contribution in [0.4, 0.5) is 10.1 Å². The molecule has 2 aromatic rings. The maximum Gasteiger partial charge on any atom is 0.337 e. The highest BCUT2D eigenvalue weighted by Crippen LogP contribution is 2.26. The van der Waals surface area contributed by atoms with Crippen LogP contribution in [0, 0.1) is 5.82 Å². The summed E-state index contributed by atoms with van der Waals surface area (Å²) in [6, 6.07) is 4.13. The van der Waals surface area contributed by atoms with Gasteiger partial charge >= 0.3 is 5.97 Å². The monoisotopic (exact) mass is 404 g/mol. The van der Waals surface area contributed by atoms with E-state index in [1.54, 1.807) is 24.1 Å². The number of aryl methyl sites for hydroxylation is 1. The zero-order chi connectivity index (χ0) is 21.0. The number of hydrogen-bond acceptors (Lipinski definition) is 7. The van der Waals surface area contributed by atoms with Crippen LogP contribution in [0.25, 0.3) is 0 Å². The molecule has 0 bridgehead atoms. The van der Waals surface area contributed by atoms with E-state index in [0.717, 1.165) is 5.56 Å². The third-order valence-corrected chi connectivity index (χ3v) is 4.31. The first kappa shape index (κ1) is 20.3. The molecule has 0 unspecified atom stereocenters. The van der Waals surface area contributed by atoms with Gasteiger partial charge in [-0.25, -0.2) is 9.18 Å². The van der Waals surface area contributed by atoms with Gasteiger partial charge in [0.1, 0.15) is 12.3 Å². The number of nitrogens with one attached hydrogen (secondary N) is 1. The van der Waals surface area contributed by atoms with Gasteiger partial charge in [0, 0.05) is 37.1 Å². The van der Waals surface area contributed by atoms with E-state index in [1.807, 2.05) is 0 Å². The van der Waals surface area contributed by atoms with Gasteiger partial charge in [-0.15, -0.1) is 0 Å². The topological polar surface area (TPSA) is 106 Å². The van der Waals surface area contributed by atoms with Gasteiger partial charge in [-0.1, -0.05) is 0 Å². The molecule has 1 aliphatic heterocycles. The molecule has 0 fully saturated rings. The molecule has 0 aliphatic carbocycles. The number of methoxy groups -OCH3 is 1. The number of rotatable bonds is 8. The van der Waals surface area contributed by atoms with Crippen LogP contribution in [-0.2, 0) is 28.0 Å². The summed E-state index contributed by atoms with van der Waals surface area (Å²) in [5.41, 5.74) is 1.17. The first-order chi connectivity index (χ1) is 13.9. The molecule has 3 rings (SSSR count).